The Labute approximate surface area is 307 Å². The summed E-state index contributed by atoms with van der Waals surface area (Å²) in [6.45, 7) is 14.7. The molecule has 3 fully saturated rings. The molecule has 0 saturated heterocycles. The third kappa shape index (κ3) is 12.4. The Morgan fingerprint density at radius 1 is 0.653 bits per heavy atom. The molecule has 8 atom stereocenters. The molecular weight excluding hydrogens is 595 g/mol. The van der Waals surface area contributed by atoms with Crippen LogP contribution in [0.4, 0.5) is 0 Å². The predicted molar refractivity (Wildman–Crippen MR) is 215 cm³/mol. The maximum atomic E-state index is 6.57. The zero-order valence-corrected chi connectivity index (χ0v) is 34.0. The maximum Gasteiger partial charge on any atom is 0.0612 e. The number of rotatable bonds is 26. The number of unbranched alkanes of at least 4 members (excludes halogenated alkanes) is 17. The van der Waals surface area contributed by atoms with Gasteiger partial charge in [0.15, 0.2) is 0 Å². The van der Waals surface area contributed by atoms with Crippen molar-refractivity contribution in [2.45, 2.75) is 227 Å². The summed E-state index contributed by atoms with van der Waals surface area (Å²) in [5, 5.41) is 0. The first-order valence-electron chi connectivity index (χ1n) is 22.8. The highest BCUT2D eigenvalue weighted by molar-refractivity contribution is 5.25. The lowest BCUT2D eigenvalue weighted by molar-refractivity contribution is -0.0641. The minimum atomic E-state index is 0.454. The first kappa shape index (κ1) is 41.4. The number of hydrogen-bond acceptors (Lipinski definition) is 2. The smallest absolute Gasteiger partial charge is 0.0612 e. The molecule has 0 aromatic carbocycles. The molecule has 4 aliphatic rings. The quantitative estimate of drug-likeness (QED) is 0.0728. The van der Waals surface area contributed by atoms with Gasteiger partial charge in [-0.3, -0.25) is 0 Å². The van der Waals surface area contributed by atoms with E-state index in [0.717, 1.165) is 48.7 Å². The second-order valence-electron chi connectivity index (χ2n) is 19.2. The largest absolute Gasteiger partial charge is 0.378 e. The lowest BCUT2D eigenvalue weighted by atomic mass is 9.47. The van der Waals surface area contributed by atoms with Crippen LogP contribution in [-0.2, 0) is 4.74 Å². The van der Waals surface area contributed by atoms with E-state index in [9.17, 15) is 0 Å². The van der Waals surface area contributed by atoms with Crippen LogP contribution in [0.5, 0.6) is 0 Å². The van der Waals surface area contributed by atoms with Gasteiger partial charge in [-0.15, -0.1) is 0 Å². The molecule has 0 spiro atoms. The van der Waals surface area contributed by atoms with Crippen molar-refractivity contribution in [2.75, 3.05) is 13.2 Å². The maximum absolute atomic E-state index is 6.57. The highest BCUT2D eigenvalue weighted by Crippen LogP contribution is 2.67. The van der Waals surface area contributed by atoms with Gasteiger partial charge in [0.1, 0.15) is 0 Å². The minimum Gasteiger partial charge on any atom is -0.378 e. The highest BCUT2D eigenvalue weighted by Gasteiger charge is 2.59. The first-order valence-corrected chi connectivity index (χ1v) is 22.8. The molecule has 49 heavy (non-hydrogen) atoms. The van der Waals surface area contributed by atoms with Gasteiger partial charge in [-0.2, -0.15) is 0 Å². The Kier molecular flexibility index (Phi) is 18.6. The summed E-state index contributed by atoms with van der Waals surface area (Å²) in [6, 6.07) is 0. The van der Waals surface area contributed by atoms with Crippen molar-refractivity contribution in [2.24, 2.45) is 52.1 Å². The first-order chi connectivity index (χ1) is 23.8. The van der Waals surface area contributed by atoms with Gasteiger partial charge in [0.2, 0.25) is 0 Å². The number of ether oxygens (including phenoxy) is 1. The van der Waals surface area contributed by atoms with E-state index < -0.39 is 0 Å². The van der Waals surface area contributed by atoms with Gasteiger partial charge in [0, 0.05) is 6.61 Å². The van der Waals surface area contributed by atoms with Gasteiger partial charge >= 0.3 is 0 Å². The number of hydrogen-bond donors (Lipinski definition) is 1. The molecule has 0 amide bonds. The molecule has 2 nitrogen and oxygen atoms in total. The number of nitrogens with two attached hydrogens (primary N) is 1. The molecule has 4 rings (SSSR count). The van der Waals surface area contributed by atoms with Crippen LogP contribution in [0.2, 0.25) is 0 Å². The topological polar surface area (TPSA) is 35.2 Å². The molecule has 0 unspecified atom stereocenters. The van der Waals surface area contributed by atoms with E-state index in [1.165, 1.54) is 186 Å². The average Bonchev–Trinajstić information content (AvgIpc) is 3.44. The standard InChI is InChI=1S/C47H87NO/c1-38(2)25-24-26-39(3)43-29-30-44-42-28-27-40-37-41(31-33-46(40,4)45(42)32-34-47(43,44)5)49-36-23-21-19-17-15-13-11-9-7-6-8-10-12-14-16-18-20-22-35-48/h27,38-39,41-45H,6-26,28-37,48H2,1-5H3/t39-,41+,42+,43-,44+,45+,46+,47-/m1/s1. The van der Waals surface area contributed by atoms with E-state index in [4.69, 9.17) is 10.5 Å². The van der Waals surface area contributed by atoms with Gasteiger partial charge in [-0.25, -0.2) is 0 Å². The van der Waals surface area contributed by atoms with Crippen LogP contribution in [0.25, 0.3) is 0 Å². The van der Waals surface area contributed by atoms with Crippen LogP contribution in [0, 0.1) is 46.3 Å². The third-order valence-electron chi connectivity index (χ3n) is 15.2. The Bertz CT molecular complexity index is 910. The van der Waals surface area contributed by atoms with Crippen molar-refractivity contribution < 1.29 is 4.74 Å². The van der Waals surface area contributed by atoms with Crippen molar-refractivity contribution in [1.82, 2.24) is 0 Å². The average molecular weight is 682 g/mol. The van der Waals surface area contributed by atoms with Crippen LogP contribution in [0.15, 0.2) is 11.6 Å². The van der Waals surface area contributed by atoms with Crippen LogP contribution < -0.4 is 5.73 Å². The summed E-state index contributed by atoms with van der Waals surface area (Å²) in [5.41, 5.74) is 8.43. The SMILES string of the molecule is CC(C)CCC[C@@H](C)[C@H]1CC[C@H]2[C@@H]3CC=C4C[C@@H](OCCCCCCCCCCCCCCCCCCCCN)CC[C@]4(C)[C@H]3CC[C@]12C. The Morgan fingerprint density at radius 2 is 1.22 bits per heavy atom. The van der Waals surface area contributed by atoms with Crippen molar-refractivity contribution in [1.29, 1.82) is 0 Å². The van der Waals surface area contributed by atoms with Crippen molar-refractivity contribution >= 4 is 0 Å². The fourth-order valence-electron chi connectivity index (χ4n) is 12.1. The summed E-state index contributed by atoms with van der Waals surface area (Å²) in [5.74, 6) is 5.58. The second kappa shape index (κ2) is 22.0. The fraction of sp³-hybridized carbons (Fsp3) is 0.957. The molecule has 3 saturated carbocycles. The normalized spacial score (nSPS) is 31.7. The van der Waals surface area contributed by atoms with E-state index in [1.807, 2.05) is 0 Å². The van der Waals surface area contributed by atoms with Gasteiger partial charge < -0.3 is 10.5 Å². The van der Waals surface area contributed by atoms with E-state index in [0.29, 0.717) is 16.9 Å². The molecule has 0 bridgehead atoms. The van der Waals surface area contributed by atoms with Crippen molar-refractivity contribution in [3.63, 3.8) is 0 Å². The molecule has 2 N–H and O–H groups in total. The molecule has 0 radical (unpaired) electrons. The summed E-state index contributed by atoms with van der Waals surface area (Å²) < 4.78 is 6.57. The van der Waals surface area contributed by atoms with E-state index in [1.54, 1.807) is 5.57 Å². The zero-order valence-electron chi connectivity index (χ0n) is 34.0. The molecular formula is C47H87NO. The van der Waals surface area contributed by atoms with Crippen molar-refractivity contribution in [3.05, 3.63) is 11.6 Å². The van der Waals surface area contributed by atoms with Gasteiger partial charge in [0.25, 0.3) is 0 Å². The molecule has 2 heteroatoms. The summed E-state index contributed by atoms with van der Waals surface area (Å²) >= 11 is 0. The van der Waals surface area contributed by atoms with Gasteiger partial charge in [-0.05, 0) is 117 Å². The van der Waals surface area contributed by atoms with Crippen LogP contribution in [0.1, 0.15) is 221 Å². The molecule has 0 aliphatic heterocycles. The molecule has 0 aromatic heterocycles. The third-order valence-corrected chi connectivity index (χ3v) is 15.2. The van der Waals surface area contributed by atoms with E-state index in [-0.39, 0.29) is 0 Å². The van der Waals surface area contributed by atoms with Crippen LogP contribution in [-0.4, -0.2) is 19.3 Å². The molecule has 0 heterocycles. The summed E-state index contributed by atoms with van der Waals surface area (Å²) in [6.07, 6.45) is 44.2. The monoisotopic (exact) mass is 682 g/mol. The van der Waals surface area contributed by atoms with E-state index >= 15 is 0 Å². The van der Waals surface area contributed by atoms with Gasteiger partial charge in [-0.1, -0.05) is 168 Å². The summed E-state index contributed by atoms with van der Waals surface area (Å²) in [7, 11) is 0. The lowest BCUT2D eigenvalue weighted by Gasteiger charge is -2.58. The van der Waals surface area contributed by atoms with Crippen LogP contribution in [0.3, 0.4) is 0 Å². The van der Waals surface area contributed by atoms with Crippen LogP contribution >= 0.6 is 0 Å². The van der Waals surface area contributed by atoms with E-state index in [2.05, 4.69) is 40.7 Å². The Balaban J connectivity index is 1.02. The van der Waals surface area contributed by atoms with Gasteiger partial charge in [0.05, 0.1) is 6.10 Å². The number of allylic oxidation sites excluding steroid dienone is 1. The molecule has 0 aromatic rings. The zero-order chi connectivity index (χ0) is 35.0. The number of fused-ring (bicyclic) bond motifs is 5. The Morgan fingerprint density at radius 3 is 1.80 bits per heavy atom. The predicted octanol–water partition coefficient (Wildman–Crippen LogP) is 14.4. The molecule has 4 aliphatic carbocycles. The lowest BCUT2D eigenvalue weighted by Crippen LogP contribution is -2.51. The summed E-state index contributed by atoms with van der Waals surface area (Å²) in [4.78, 5) is 0. The Hall–Kier alpha value is -0.340. The highest BCUT2D eigenvalue weighted by atomic mass is 16.5. The minimum absolute atomic E-state index is 0.454. The molecule has 286 valence electrons. The second-order valence-corrected chi connectivity index (χ2v) is 19.2. The fourth-order valence-corrected chi connectivity index (χ4v) is 12.1. The van der Waals surface area contributed by atoms with Crippen molar-refractivity contribution in [3.8, 4) is 0 Å².